The first-order valence-electron chi connectivity index (χ1n) is 8.87. The Morgan fingerprint density at radius 2 is 1.69 bits per heavy atom. The van der Waals surface area contributed by atoms with Gasteiger partial charge in [-0.05, 0) is 31.5 Å². The van der Waals surface area contributed by atoms with Crippen molar-refractivity contribution in [2.75, 3.05) is 31.1 Å². The van der Waals surface area contributed by atoms with Crippen LogP contribution in [0.2, 0.25) is 0 Å². The first-order chi connectivity index (χ1) is 12.6. The van der Waals surface area contributed by atoms with Crippen molar-refractivity contribution < 1.29 is 4.79 Å². The number of aryl methyl sites for hydroxylation is 2. The molecule has 4 rings (SSSR count). The molecule has 1 fully saturated rings. The summed E-state index contributed by atoms with van der Waals surface area (Å²) in [7, 11) is 0. The predicted octanol–water partition coefficient (Wildman–Crippen LogP) is 1.63. The van der Waals surface area contributed by atoms with Gasteiger partial charge < -0.3 is 9.80 Å². The summed E-state index contributed by atoms with van der Waals surface area (Å²) in [5.74, 6) is 1.85. The third kappa shape index (κ3) is 3.24. The number of nitrogens with zero attached hydrogens (tertiary/aromatic N) is 6. The number of benzene rings is 1. The third-order valence-electron chi connectivity index (χ3n) is 4.84. The highest BCUT2D eigenvalue weighted by atomic mass is 16.2. The van der Waals surface area contributed by atoms with Crippen LogP contribution < -0.4 is 4.90 Å². The SMILES string of the molecule is Cc1ccc(CC(=O)N2CCN(c3ccc4nnc(C)n4n3)CC2)cc1. The van der Waals surface area contributed by atoms with Crippen LogP contribution in [0.3, 0.4) is 0 Å². The summed E-state index contributed by atoms with van der Waals surface area (Å²) in [4.78, 5) is 16.7. The van der Waals surface area contributed by atoms with Crippen molar-refractivity contribution in [3.05, 3.63) is 53.3 Å². The molecule has 0 atom stereocenters. The summed E-state index contributed by atoms with van der Waals surface area (Å²) in [6.45, 7) is 6.92. The van der Waals surface area contributed by atoms with E-state index in [1.54, 1.807) is 4.52 Å². The Morgan fingerprint density at radius 3 is 2.42 bits per heavy atom. The Hall–Kier alpha value is -2.96. The number of hydrogen-bond donors (Lipinski definition) is 0. The summed E-state index contributed by atoms with van der Waals surface area (Å²) in [5, 5.41) is 12.7. The standard InChI is InChI=1S/C19H22N6O/c1-14-3-5-16(6-4-14)13-19(26)24-11-9-23(10-12-24)18-8-7-17-21-20-15(2)25(17)22-18/h3-8H,9-13H2,1-2H3. The third-order valence-corrected chi connectivity index (χ3v) is 4.84. The molecule has 0 aliphatic carbocycles. The zero-order valence-electron chi connectivity index (χ0n) is 15.1. The van der Waals surface area contributed by atoms with Crippen LogP contribution in [0.1, 0.15) is 17.0 Å². The molecule has 1 aromatic carbocycles. The second kappa shape index (κ2) is 6.74. The van der Waals surface area contributed by atoms with Crippen molar-refractivity contribution in [1.29, 1.82) is 0 Å². The van der Waals surface area contributed by atoms with Crippen molar-refractivity contribution in [3.8, 4) is 0 Å². The smallest absolute Gasteiger partial charge is 0.227 e. The van der Waals surface area contributed by atoms with E-state index < -0.39 is 0 Å². The van der Waals surface area contributed by atoms with Gasteiger partial charge >= 0.3 is 0 Å². The number of anilines is 1. The van der Waals surface area contributed by atoms with E-state index in [0.717, 1.165) is 35.9 Å². The molecular weight excluding hydrogens is 328 g/mol. The van der Waals surface area contributed by atoms with E-state index in [1.165, 1.54) is 5.56 Å². The van der Waals surface area contributed by atoms with E-state index in [1.807, 2.05) is 36.1 Å². The van der Waals surface area contributed by atoms with Gasteiger partial charge in [-0.3, -0.25) is 4.79 Å². The molecule has 134 valence electrons. The van der Waals surface area contributed by atoms with Crippen molar-refractivity contribution >= 4 is 17.4 Å². The highest BCUT2D eigenvalue weighted by Crippen LogP contribution is 2.15. The molecule has 1 amide bonds. The monoisotopic (exact) mass is 350 g/mol. The van der Waals surface area contributed by atoms with E-state index in [9.17, 15) is 4.79 Å². The minimum absolute atomic E-state index is 0.187. The normalized spacial score (nSPS) is 14.8. The van der Waals surface area contributed by atoms with Gasteiger partial charge in [-0.2, -0.15) is 4.52 Å². The van der Waals surface area contributed by atoms with Gasteiger partial charge in [0.15, 0.2) is 11.5 Å². The zero-order chi connectivity index (χ0) is 18.1. The van der Waals surface area contributed by atoms with Crippen LogP contribution in [0.5, 0.6) is 0 Å². The van der Waals surface area contributed by atoms with Crippen LogP contribution in [0.4, 0.5) is 5.82 Å². The van der Waals surface area contributed by atoms with E-state index >= 15 is 0 Å². The molecule has 7 nitrogen and oxygen atoms in total. The first kappa shape index (κ1) is 16.5. The second-order valence-electron chi connectivity index (χ2n) is 6.74. The number of rotatable bonds is 3. The molecule has 0 N–H and O–H groups in total. The topological polar surface area (TPSA) is 66.6 Å². The van der Waals surface area contributed by atoms with Crippen molar-refractivity contribution in [2.45, 2.75) is 20.3 Å². The Bertz CT molecular complexity index is 925. The summed E-state index contributed by atoms with van der Waals surface area (Å²) in [6, 6.07) is 12.1. The largest absolute Gasteiger partial charge is 0.352 e. The highest BCUT2D eigenvalue weighted by molar-refractivity contribution is 5.79. The lowest BCUT2D eigenvalue weighted by Gasteiger charge is -2.35. The number of carbonyl (C=O) groups is 1. The molecule has 0 unspecified atom stereocenters. The number of carbonyl (C=O) groups excluding carboxylic acids is 1. The molecule has 0 radical (unpaired) electrons. The van der Waals surface area contributed by atoms with Gasteiger partial charge in [-0.15, -0.1) is 15.3 Å². The van der Waals surface area contributed by atoms with Gasteiger partial charge in [-0.1, -0.05) is 29.8 Å². The van der Waals surface area contributed by atoms with Gasteiger partial charge in [0.05, 0.1) is 6.42 Å². The van der Waals surface area contributed by atoms with E-state index in [-0.39, 0.29) is 5.91 Å². The van der Waals surface area contributed by atoms with Crippen molar-refractivity contribution in [3.63, 3.8) is 0 Å². The molecule has 3 aromatic rings. The minimum Gasteiger partial charge on any atom is -0.352 e. The lowest BCUT2D eigenvalue weighted by Crippen LogP contribution is -2.49. The Labute approximate surface area is 152 Å². The molecular formula is C19H22N6O. The molecule has 7 heteroatoms. The predicted molar refractivity (Wildman–Crippen MR) is 99.2 cm³/mol. The molecule has 1 saturated heterocycles. The quantitative estimate of drug-likeness (QED) is 0.718. The number of hydrogen-bond acceptors (Lipinski definition) is 5. The van der Waals surface area contributed by atoms with E-state index in [4.69, 9.17) is 0 Å². The molecule has 1 aliphatic rings. The summed E-state index contributed by atoms with van der Waals surface area (Å²) >= 11 is 0. The maximum Gasteiger partial charge on any atom is 0.227 e. The van der Waals surface area contributed by atoms with Gasteiger partial charge in [-0.25, -0.2) is 0 Å². The minimum atomic E-state index is 0.187. The molecule has 3 heterocycles. The number of amides is 1. The van der Waals surface area contributed by atoms with Crippen LogP contribution in [-0.4, -0.2) is 56.8 Å². The van der Waals surface area contributed by atoms with E-state index in [0.29, 0.717) is 19.5 Å². The van der Waals surface area contributed by atoms with Crippen LogP contribution in [0.25, 0.3) is 5.65 Å². The van der Waals surface area contributed by atoms with Gasteiger partial charge in [0.1, 0.15) is 5.82 Å². The highest BCUT2D eigenvalue weighted by Gasteiger charge is 2.22. The molecule has 0 spiro atoms. The molecule has 1 aliphatic heterocycles. The lowest BCUT2D eigenvalue weighted by atomic mass is 10.1. The molecule has 26 heavy (non-hydrogen) atoms. The maximum atomic E-state index is 12.6. The first-order valence-corrected chi connectivity index (χ1v) is 8.87. The molecule has 0 saturated carbocycles. The van der Waals surface area contributed by atoms with Crippen LogP contribution in [-0.2, 0) is 11.2 Å². The fourth-order valence-corrected chi connectivity index (χ4v) is 3.23. The van der Waals surface area contributed by atoms with Crippen LogP contribution >= 0.6 is 0 Å². The van der Waals surface area contributed by atoms with Crippen molar-refractivity contribution in [2.24, 2.45) is 0 Å². The number of aromatic nitrogens is 4. The van der Waals surface area contributed by atoms with E-state index in [2.05, 4.69) is 39.3 Å². The maximum absolute atomic E-state index is 12.6. The van der Waals surface area contributed by atoms with Crippen LogP contribution in [0, 0.1) is 13.8 Å². The Morgan fingerprint density at radius 1 is 0.962 bits per heavy atom. The summed E-state index contributed by atoms with van der Waals surface area (Å²) < 4.78 is 1.75. The van der Waals surface area contributed by atoms with Crippen molar-refractivity contribution in [1.82, 2.24) is 24.7 Å². The Kier molecular flexibility index (Phi) is 4.28. The summed E-state index contributed by atoms with van der Waals surface area (Å²) in [6.07, 6.45) is 0.463. The second-order valence-corrected chi connectivity index (χ2v) is 6.74. The molecule has 0 bridgehead atoms. The van der Waals surface area contributed by atoms with Crippen LogP contribution in [0.15, 0.2) is 36.4 Å². The van der Waals surface area contributed by atoms with Gasteiger partial charge in [0, 0.05) is 26.2 Å². The summed E-state index contributed by atoms with van der Waals surface area (Å²) in [5.41, 5.74) is 3.03. The zero-order valence-corrected chi connectivity index (χ0v) is 15.1. The van der Waals surface area contributed by atoms with Gasteiger partial charge in [0.2, 0.25) is 5.91 Å². The lowest BCUT2D eigenvalue weighted by molar-refractivity contribution is -0.130. The fraction of sp³-hybridized carbons (Fsp3) is 0.368. The number of fused-ring (bicyclic) bond motifs is 1. The average Bonchev–Trinajstić information content (AvgIpc) is 3.04. The Balaban J connectivity index is 1.39. The average molecular weight is 350 g/mol. The number of piperazine rings is 1. The molecule has 2 aromatic heterocycles. The van der Waals surface area contributed by atoms with Gasteiger partial charge in [0.25, 0.3) is 0 Å². The fourth-order valence-electron chi connectivity index (χ4n) is 3.23.